The topological polar surface area (TPSA) is 94.8 Å². The fourth-order valence-electron chi connectivity index (χ4n) is 0.617. The normalized spacial score (nSPS) is 18.2. The quantitative estimate of drug-likeness (QED) is 0.530. The minimum atomic E-state index is -1.94. The van der Waals surface area contributed by atoms with E-state index >= 15 is 0 Å². The molecule has 5 nitrogen and oxygen atoms in total. The molecule has 0 aromatic carbocycles. The molecule has 3 atom stereocenters. The van der Waals surface area contributed by atoms with Crippen molar-refractivity contribution in [3.63, 3.8) is 0 Å². The number of carboxylic acids is 1. The van der Waals surface area contributed by atoms with Crippen molar-refractivity contribution in [2.24, 2.45) is 0 Å². The van der Waals surface area contributed by atoms with Crippen LogP contribution in [-0.4, -0.2) is 36.3 Å². The Morgan fingerprint density at radius 2 is 2.00 bits per heavy atom. The van der Waals surface area contributed by atoms with E-state index in [-0.39, 0.29) is 12.8 Å². The fourth-order valence-corrected chi connectivity index (χ4v) is 0.955. The smallest absolute Gasteiger partial charge is 0.332 e. The lowest BCUT2D eigenvalue weighted by Gasteiger charge is -2.08. The first-order chi connectivity index (χ1) is 5.45. The van der Waals surface area contributed by atoms with E-state index in [2.05, 4.69) is 0 Å². The molecular weight excluding hydrogens is 184 g/mol. The second-order valence-electron chi connectivity index (χ2n) is 2.52. The van der Waals surface area contributed by atoms with Crippen LogP contribution in [0.3, 0.4) is 0 Å². The summed E-state index contributed by atoms with van der Waals surface area (Å²) in [6.07, 6.45) is -1.21. The van der Waals surface area contributed by atoms with Crippen molar-refractivity contribution < 1.29 is 23.8 Å². The lowest BCUT2D eigenvalue weighted by Crippen LogP contribution is -2.22. The summed E-state index contributed by atoms with van der Waals surface area (Å²) in [4.78, 5) is 10.1. The van der Waals surface area contributed by atoms with Gasteiger partial charge in [-0.15, -0.1) is 0 Å². The molecule has 0 radical (unpaired) electrons. The highest BCUT2D eigenvalue weighted by Gasteiger charge is 2.16. The molecule has 0 rings (SSSR count). The number of hydrogen-bond acceptors (Lipinski definition) is 3. The van der Waals surface area contributed by atoms with Gasteiger partial charge < -0.3 is 14.8 Å². The highest BCUT2D eigenvalue weighted by atomic mass is 32.2. The van der Waals surface area contributed by atoms with Crippen molar-refractivity contribution in [1.82, 2.24) is 0 Å². The Kier molecular flexibility index (Phi) is 5.03. The number of rotatable bonds is 5. The molecule has 72 valence electrons. The molecule has 0 aromatic heterocycles. The minimum absolute atomic E-state index is 0.00278. The van der Waals surface area contributed by atoms with E-state index in [1.165, 1.54) is 6.92 Å². The van der Waals surface area contributed by atoms with Crippen LogP contribution in [0.2, 0.25) is 0 Å². The zero-order valence-corrected chi connectivity index (χ0v) is 7.45. The SMILES string of the molecule is CC(CCC(O)C(=O)O)S(=O)O. The second kappa shape index (κ2) is 5.23. The first-order valence-electron chi connectivity index (χ1n) is 3.45. The number of aliphatic hydroxyl groups excluding tert-OH is 1. The van der Waals surface area contributed by atoms with Crippen LogP contribution < -0.4 is 0 Å². The zero-order valence-electron chi connectivity index (χ0n) is 6.64. The van der Waals surface area contributed by atoms with Gasteiger partial charge in [-0.05, 0) is 19.8 Å². The van der Waals surface area contributed by atoms with E-state index in [1.807, 2.05) is 0 Å². The van der Waals surface area contributed by atoms with Crippen LogP contribution in [0.15, 0.2) is 0 Å². The van der Waals surface area contributed by atoms with Crippen LogP contribution in [0.25, 0.3) is 0 Å². The average molecular weight is 196 g/mol. The molecular formula is C6H12O5S. The molecule has 0 aliphatic rings. The van der Waals surface area contributed by atoms with Crippen LogP contribution in [-0.2, 0) is 15.9 Å². The molecule has 12 heavy (non-hydrogen) atoms. The lowest BCUT2D eigenvalue weighted by molar-refractivity contribution is -0.146. The van der Waals surface area contributed by atoms with Crippen LogP contribution in [0.4, 0.5) is 0 Å². The number of carbonyl (C=O) groups is 1. The molecule has 0 aliphatic carbocycles. The van der Waals surface area contributed by atoms with Gasteiger partial charge in [-0.1, -0.05) is 0 Å². The van der Waals surface area contributed by atoms with Gasteiger partial charge in [-0.2, -0.15) is 0 Å². The molecule has 0 amide bonds. The first-order valence-corrected chi connectivity index (χ1v) is 4.62. The summed E-state index contributed by atoms with van der Waals surface area (Å²) in [6.45, 7) is 1.52. The average Bonchev–Trinajstić information content (AvgIpc) is 1.98. The summed E-state index contributed by atoms with van der Waals surface area (Å²) in [5.74, 6) is -1.30. The van der Waals surface area contributed by atoms with E-state index in [9.17, 15) is 9.00 Å². The van der Waals surface area contributed by atoms with Gasteiger partial charge in [-0.25, -0.2) is 9.00 Å². The number of aliphatic hydroxyl groups is 1. The third-order valence-electron chi connectivity index (χ3n) is 1.48. The largest absolute Gasteiger partial charge is 0.479 e. The molecule has 0 aliphatic heterocycles. The first kappa shape index (κ1) is 11.5. The summed E-state index contributed by atoms with van der Waals surface area (Å²) >= 11 is -1.94. The summed E-state index contributed by atoms with van der Waals surface area (Å²) in [7, 11) is 0. The molecule has 0 spiro atoms. The van der Waals surface area contributed by atoms with Gasteiger partial charge in [0.05, 0.1) is 5.25 Å². The molecule has 0 aromatic rings. The number of aliphatic carboxylic acids is 1. The Morgan fingerprint density at radius 1 is 1.50 bits per heavy atom. The van der Waals surface area contributed by atoms with Crippen molar-refractivity contribution >= 4 is 17.0 Å². The van der Waals surface area contributed by atoms with E-state index in [0.29, 0.717) is 0 Å². The highest BCUT2D eigenvalue weighted by Crippen LogP contribution is 2.05. The van der Waals surface area contributed by atoms with Crippen molar-refractivity contribution in [3.8, 4) is 0 Å². The number of hydrogen-bond donors (Lipinski definition) is 3. The van der Waals surface area contributed by atoms with Gasteiger partial charge in [-0.3, -0.25) is 0 Å². The highest BCUT2D eigenvalue weighted by molar-refractivity contribution is 7.79. The Morgan fingerprint density at radius 3 is 2.33 bits per heavy atom. The van der Waals surface area contributed by atoms with Gasteiger partial charge >= 0.3 is 5.97 Å². The van der Waals surface area contributed by atoms with Crippen LogP contribution in [0.5, 0.6) is 0 Å². The molecule has 3 N–H and O–H groups in total. The van der Waals surface area contributed by atoms with Gasteiger partial charge in [0.15, 0.2) is 17.2 Å². The van der Waals surface area contributed by atoms with Crippen LogP contribution in [0, 0.1) is 0 Å². The molecule has 3 unspecified atom stereocenters. The summed E-state index contributed by atoms with van der Waals surface area (Å²) in [6, 6.07) is 0. The Bertz CT molecular complexity index is 161. The van der Waals surface area contributed by atoms with Gasteiger partial charge in [0, 0.05) is 0 Å². The van der Waals surface area contributed by atoms with Crippen molar-refractivity contribution in [3.05, 3.63) is 0 Å². The second-order valence-corrected chi connectivity index (χ2v) is 3.88. The predicted molar refractivity (Wildman–Crippen MR) is 43.1 cm³/mol. The third kappa shape index (κ3) is 4.42. The maximum Gasteiger partial charge on any atom is 0.332 e. The van der Waals surface area contributed by atoms with Gasteiger partial charge in [0.1, 0.15) is 0 Å². The fraction of sp³-hybridized carbons (Fsp3) is 0.833. The maximum absolute atomic E-state index is 10.4. The standard InChI is InChI=1S/C6H12O5S/c1-4(12(10)11)2-3-5(7)6(8)9/h4-5,7H,2-3H2,1H3,(H,8,9)(H,10,11). The Hall–Kier alpha value is -0.460. The third-order valence-corrected chi connectivity index (χ3v) is 2.40. The molecule has 0 saturated heterocycles. The number of carboxylic acid groups (broad SMARTS) is 1. The van der Waals surface area contributed by atoms with Crippen molar-refractivity contribution in [1.29, 1.82) is 0 Å². The summed E-state index contributed by atoms with van der Waals surface area (Å²) in [5.41, 5.74) is 0. The molecule has 6 heteroatoms. The van der Waals surface area contributed by atoms with Crippen LogP contribution in [0.1, 0.15) is 19.8 Å². The van der Waals surface area contributed by atoms with Gasteiger partial charge in [0.25, 0.3) is 0 Å². The molecule has 0 fully saturated rings. The van der Waals surface area contributed by atoms with E-state index in [4.69, 9.17) is 14.8 Å². The molecule has 0 bridgehead atoms. The van der Waals surface area contributed by atoms with Crippen molar-refractivity contribution in [2.75, 3.05) is 0 Å². The maximum atomic E-state index is 10.4. The van der Waals surface area contributed by atoms with Crippen LogP contribution >= 0.6 is 0 Å². The Labute approximate surface area is 72.7 Å². The van der Waals surface area contributed by atoms with E-state index < -0.39 is 28.4 Å². The minimum Gasteiger partial charge on any atom is -0.479 e. The molecule has 0 heterocycles. The Balaban J connectivity index is 3.68. The monoisotopic (exact) mass is 196 g/mol. The van der Waals surface area contributed by atoms with Crippen molar-refractivity contribution in [2.45, 2.75) is 31.1 Å². The zero-order chi connectivity index (χ0) is 9.72. The van der Waals surface area contributed by atoms with E-state index in [1.54, 1.807) is 0 Å². The van der Waals surface area contributed by atoms with Gasteiger partial charge in [0.2, 0.25) is 0 Å². The predicted octanol–water partition coefficient (Wildman–Crippen LogP) is -0.178. The lowest BCUT2D eigenvalue weighted by atomic mass is 10.1. The molecule has 0 saturated carbocycles. The summed E-state index contributed by atoms with van der Waals surface area (Å²) in [5, 5.41) is 16.5. The summed E-state index contributed by atoms with van der Waals surface area (Å²) < 4.78 is 18.9. The van der Waals surface area contributed by atoms with E-state index in [0.717, 1.165) is 0 Å².